The lowest BCUT2D eigenvalue weighted by Crippen LogP contribution is -2.17. The molecule has 0 amide bonds. The summed E-state index contributed by atoms with van der Waals surface area (Å²) in [6.07, 6.45) is 1.24. The van der Waals surface area contributed by atoms with E-state index >= 15 is 0 Å². The van der Waals surface area contributed by atoms with Gasteiger partial charge in [-0.05, 0) is 45.0 Å². The van der Waals surface area contributed by atoms with Gasteiger partial charge in [-0.15, -0.1) is 0 Å². The molecule has 0 atom stereocenters. The van der Waals surface area contributed by atoms with Gasteiger partial charge in [0.05, 0.1) is 6.10 Å². The maximum absolute atomic E-state index is 9.59. The van der Waals surface area contributed by atoms with E-state index in [-0.39, 0.29) is 11.9 Å². The fourth-order valence-corrected chi connectivity index (χ4v) is 1.63. The van der Waals surface area contributed by atoms with Crippen molar-refractivity contribution in [2.24, 2.45) is 0 Å². The van der Waals surface area contributed by atoms with Gasteiger partial charge in [-0.2, -0.15) is 0 Å². The van der Waals surface area contributed by atoms with Crippen LogP contribution in [-0.4, -0.2) is 24.4 Å². The molecule has 2 N–H and O–H groups in total. The van der Waals surface area contributed by atoms with Crippen LogP contribution in [0.15, 0.2) is 18.2 Å². The molecule has 0 unspecified atom stereocenters. The lowest BCUT2D eigenvalue weighted by atomic mass is 10.2. The Bertz CT molecular complexity index is 342. The van der Waals surface area contributed by atoms with Crippen molar-refractivity contribution in [2.45, 2.75) is 32.9 Å². The van der Waals surface area contributed by atoms with Gasteiger partial charge in [-0.3, -0.25) is 0 Å². The van der Waals surface area contributed by atoms with E-state index in [1.165, 1.54) is 0 Å². The first-order valence-corrected chi connectivity index (χ1v) is 6.27. The van der Waals surface area contributed by atoms with Crippen LogP contribution in [-0.2, 0) is 11.3 Å². The van der Waals surface area contributed by atoms with Crippen LogP contribution in [0.25, 0.3) is 0 Å². The van der Waals surface area contributed by atoms with E-state index in [1.54, 1.807) is 18.2 Å². The molecule has 0 aliphatic carbocycles. The van der Waals surface area contributed by atoms with Gasteiger partial charge >= 0.3 is 0 Å². The quantitative estimate of drug-likeness (QED) is 0.738. The normalized spacial score (nSPS) is 11.1. The number of nitrogens with one attached hydrogen (secondary N) is 1. The van der Waals surface area contributed by atoms with Crippen molar-refractivity contribution < 1.29 is 9.84 Å². The summed E-state index contributed by atoms with van der Waals surface area (Å²) in [6.45, 7) is 6.29. The molecular weight excluding hydrogens is 238 g/mol. The minimum Gasteiger partial charge on any atom is -0.508 e. The van der Waals surface area contributed by atoms with E-state index in [1.807, 2.05) is 13.8 Å². The minimum absolute atomic E-state index is 0.278. The molecule has 0 aromatic heterocycles. The standard InChI is InChI=1S/C13H20ClNO2/c1-10(2)17-7-3-6-15-9-11-8-12(14)4-5-13(11)16/h4-5,8,10,15-16H,3,6-7,9H2,1-2H3. The van der Waals surface area contributed by atoms with E-state index < -0.39 is 0 Å². The monoisotopic (exact) mass is 257 g/mol. The van der Waals surface area contributed by atoms with Gasteiger partial charge in [0.2, 0.25) is 0 Å². The summed E-state index contributed by atoms with van der Waals surface area (Å²) in [5.41, 5.74) is 0.822. The van der Waals surface area contributed by atoms with E-state index in [9.17, 15) is 5.11 Å². The molecule has 0 heterocycles. The summed E-state index contributed by atoms with van der Waals surface area (Å²) in [6, 6.07) is 5.06. The Kier molecular flexibility index (Phi) is 6.34. The molecule has 0 saturated heterocycles. The molecule has 0 fully saturated rings. The van der Waals surface area contributed by atoms with Gasteiger partial charge in [0.25, 0.3) is 0 Å². The first-order chi connectivity index (χ1) is 8.09. The number of phenols is 1. The highest BCUT2D eigenvalue weighted by Gasteiger charge is 2.01. The molecule has 0 bridgehead atoms. The number of aromatic hydroxyl groups is 1. The van der Waals surface area contributed by atoms with E-state index in [2.05, 4.69) is 5.32 Å². The van der Waals surface area contributed by atoms with Crippen LogP contribution in [0.4, 0.5) is 0 Å². The maximum atomic E-state index is 9.59. The predicted octanol–water partition coefficient (Wildman–Crippen LogP) is 2.95. The summed E-state index contributed by atoms with van der Waals surface area (Å²) in [4.78, 5) is 0. The van der Waals surface area contributed by atoms with Crippen LogP contribution in [0.3, 0.4) is 0 Å². The Morgan fingerprint density at radius 2 is 2.18 bits per heavy atom. The average molecular weight is 258 g/mol. The van der Waals surface area contributed by atoms with Crippen molar-refractivity contribution in [3.8, 4) is 5.75 Å². The molecule has 0 aliphatic heterocycles. The third-order valence-corrected chi connectivity index (χ3v) is 2.54. The zero-order valence-electron chi connectivity index (χ0n) is 10.4. The number of ether oxygens (including phenoxy) is 1. The Hall–Kier alpha value is -0.770. The van der Waals surface area contributed by atoms with Crippen molar-refractivity contribution in [3.05, 3.63) is 28.8 Å². The van der Waals surface area contributed by atoms with Crippen LogP contribution in [0.1, 0.15) is 25.8 Å². The number of halogens is 1. The van der Waals surface area contributed by atoms with Crippen molar-refractivity contribution in [1.29, 1.82) is 0 Å². The van der Waals surface area contributed by atoms with Crippen LogP contribution in [0.5, 0.6) is 5.75 Å². The molecule has 0 aliphatic rings. The summed E-state index contributed by atoms with van der Waals surface area (Å²) in [5, 5.41) is 13.5. The molecule has 1 rings (SSSR count). The summed E-state index contributed by atoms with van der Waals surface area (Å²) in [5.74, 6) is 0.278. The third kappa shape index (κ3) is 5.91. The Morgan fingerprint density at radius 1 is 1.41 bits per heavy atom. The highest BCUT2D eigenvalue weighted by molar-refractivity contribution is 6.30. The SMILES string of the molecule is CC(C)OCCCNCc1cc(Cl)ccc1O. The molecular formula is C13H20ClNO2. The Morgan fingerprint density at radius 3 is 2.88 bits per heavy atom. The second-order valence-electron chi connectivity index (χ2n) is 4.22. The first-order valence-electron chi connectivity index (χ1n) is 5.89. The molecule has 96 valence electrons. The largest absolute Gasteiger partial charge is 0.508 e. The van der Waals surface area contributed by atoms with Gasteiger partial charge in [0, 0.05) is 23.7 Å². The summed E-state index contributed by atoms with van der Waals surface area (Å²) in [7, 11) is 0. The predicted molar refractivity (Wildman–Crippen MR) is 70.5 cm³/mol. The summed E-state index contributed by atoms with van der Waals surface area (Å²) >= 11 is 5.86. The number of hydrogen-bond donors (Lipinski definition) is 2. The number of phenolic OH excluding ortho intramolecular Hbond substituents is 1. The zero-order valence-corrected chi connectivity index (χ0v) is 11.1. The number of benzene rings is 1. The van der Waals surface area contributed by atoms with Crippen LogP contribution in [0.2, 0.25) is 5.02 Å². The first kappa shape index (κ1) is 14.3. The zero-order chi connectivity index (χ0) is 12.7. The molecule has 0 spiro atoms. The maximum Gasteiger partial charge on any atom is 0.120 e. The fourth-order valence-electron chi connectivity index (χ4n) is 1.43. The van der Waals surface area contributed by atoms with Crippen molar-refractivity contribution in [2.75, 3.05) is 13.2 Å². The second-order valence-corrected chi connectivity index (χ2v) is 4.66. The van der Waals surface area contributed by atoms with Crippen LogP contribution in [0, 0.1) is 0 Å². The third-order valence-electron chi connectivity index (χ3n) is 2.31. The van der Waals surface area contributed by atoms with Crippen LogP contribution < -0.4 is 5.32 Å². The Balaban J connectivity index is 2.20. The number of rotatable bonds is 7. The number of hydrogen-bond acceptors (Lipinski definition) is 3. The lowest BCUT2D eigenvalue weighted by Gasteiger charge is -2.09. The molecule has 1 aromatic rings. The molecule has 17 heavy (non-hydrogen) atoms. The summed E-state index contributed by atoms with van der Waals surface area (Å²) < 4.78 is 5.43. The van der Waals surface area contributed by atoms with Gasteiger partial charge in [-0.1, -0.05) is 11.6 Å². The lowest BCUT2D eigenvalue weighted by molar-refractivity contribution is 0.0770. The van der Waals surface area contributed by atoms with Crippen LogP contribution >= 0.6 is 11.6 Å². The van der Waals surface area contributed by atoms with E-state index in [0.717, 1.165) is 25.1 Å². The molecule has 1 aromatic carbocycles. The smallest absolute Gasteiger partial charge is 0.120 e. The van der Waals surface area contributed by atoms with Crippen molar-refractivity contribution >= 4 is 11.6 Å². The van der Waals surface area contributed by atoms with Gasteiger partial charge in [-0.25, -0.2) is 0 Å². The van der Waals surface area contributed by atoms with Gasteiger partial charge < -0.3 is 15.2 Å². The highest BCUT2D eigenvalue weighted by atomic mass is 35.5. The topological polar surface area (TPSA) is 41.5 Å². The second kappa shape index (κ2) is 7.54. The van der Waals surface area contributed by atoms with Crippen molar-refractivity contribution in [3.63, 3.8) is 0 Å². The average Bonchev–Trinajstić information content (AvgIpc) is 2.27. The van der Waals surface area contributed by atoms with Gasteiger partial charge in [0.15, 0.2) is 0 Å². The molecule has 4 heteroatoms. The molecule has 0 saturated carbocycles. The van der Waals surface area contributed by atoms with Gasteiger partial charge in [0.1, 0.15) is 5.75 Å². The fraction of sp³-hybridized carbons (Fsp3) is 0.538. The molecule has 0 radical (unpaired) electrons. The highest BCUT2D eigenvalue weighted by Crippen LogP contribution is 2.20. The van der Waals surface area contributed by atoms with Crippen molar-refractivity contribution in [1.82, 2.24) is 5.32 Å². The van der Waals surface area contributed by atoms with E-state index in [4.69, 9.17) is 16.3 Å². The Labute approximate surface area is 108 Å². The van der Waals surface area contributed by atoms with E-state index in [0.29, 0.717) is 11.6 Å². The molecule has 3 nitrogen and oxygen atoms in total. The minimum atomic E-state index is 0.278.